The molecule has 2 aromatic heterocycles. The molecule has 0 radical (unpaired) electrons. The molecule has 122 valence electrons. The van der Waals surface area contributed by atoms with Gasteiger partial charge in [-0.2, -0.15) is 0 Å². The normalized spacial score (nSPS) is 10.6. The molecule has 3 aromatic rings. The number of amides is 1. The molecule has 24 heavy (non-hydrogen) atoms. The van der Waals surface area contributed by atoms with Crippen LogP contribution in [0.15, 0.2) is 52.6 Å². The summed E-state index contributed by atoms with van der Waals surface area (Å²) in [6.45, 7) is 2.58. The molecular formula is C18H16BrN3OS. The zero-order valence-electron chi connectivity index (χ0n) is 13.1. The third-order valence-corrected chi connectivity index (χ3v) is 4.91. The lowest BCUT2D eigenvalue weighted by molar-refractivity contribution is 0.0950. The van der Waals surface area contributed by atoms with Gasteiger partial charge in [-0.05, 0) is 34.0 Å². The van der Waals surface area contributed by atoms with Gasteiger partial charge in [0, 0.05) is 34.4 Å². The Kier molecular flexibility index (Phi) is 5.37. The van der Waals surface area contributed by atoms with Crippen LogP contribution in [-0.4, -0.2) is 15.9 Å². The van der Waals surface area contributed by atoms with Crippen LogP contribution in [0.3, 0.4) is 0 Å². The summed E-state index contributed by atoms with van der Waals surface area (Å²) >= 11 is 4.97. The third-order valence-electron chi connectivity index (χ3n) is 3.54. The van der Waals surface area contributed by atoms with Crippen molar-refractivity contribution in [3.05, 3.63) is 69.4 Å². The van der Waals surface area contributed by atoms with Crippen LogP contribution >= 0.6 is 27.3 Å². The van der Waals surface area contributed by atoms with E-state index in [1.54, 1.807) is 29.8 Å². The molecule has 2 heterocycles. The molecule has 0 aliphatic heterocycles. The van der Waals surface area contributed by atoms with Crippen molar-refractivity contribution >= 4 is 33.2 Å². The lowest BCUT2D eigenvalue weighted by atomic mass is 10.1. The highest BCUT2D eigenvalue weighted by Gasteiger charge is 2.07. The predicted octanol–water partition coefficient (Wildman–Crippen LogP) is 4.46. The molecule has 1 aromatic carbocycles. The fraction of sp³-hybridized carbons (Fsp3) is 0.167. The molecule has 0 atom stereocenters. The van der Waals surface area contributed by atoms with Gasteiger partial charge in [-0.25, -0.2) is 4.98 Å². The van der Waals surface area contributed by atoms with E-state index in [1.807, 2.05) is 24.3 Å². The van der Waals surface area contributed by atoms with Gasteiger partial charge in [0.25, 0.3) is 5.91 Å². The van der Waals surface area contributed by atoms with Gasteiger partial charge >= 0.3 is 0 Å². The van der Waals surface area contributed by atoms with Gasteiger partial charge in [-0.1, -0.05) is 31.2 Å². The summed E-state index contributed by atoms with van der Waals surface area (Å²) in [6, 6.07) is 9.86. The van der Waals surface area contributed by atoms with E-state index < -0.39 is 0 Å². The van der Waals surface area contributed by atoms with Crippen molar-refractivity contribution in [3.8, 4) is 10.6 Å². The largest absolute Gasteiger partial charge is 0.348 e. The van der Waals surface area contributed by atoms with Crippen molar-refractivity contribution in [2.75, 3.05) is 0 Å². The molecule has 0 fully saturated rings. The van der Waals surface area contributed by atoms with E-state index in [0.29, 0.717) is 12.1 Å². The molecule has 6 heteroatoms. The lowest BCUT2D eigenvalue weighted by Crippen LogP contribution is -2.22. The maximum absolute atomic E-state index is 12.1. The number of nitrogens with one attached hydrogen (secondary N) is 1. The fourth-order valence-electron chi connectivity index (χ4n) is 2.19. The van der Waals surface area contributed by atoms with Gasteiger partial charge in [-0.15, -0.1) is 11.3 Å². The SMILES string of the molecule is CCc1csc(-c2ccc(CNC(=O)c3cncc(Br)c3)cc2)n1. The molecule has 3 rings (SSSR count). The molecule has 0 saturated heterocycles. The van der Waals surface area contributed by atoms with Crippen LogP contribution in [-0.2, 0) is 13.0 Å². The number of aryl methyl sites for hydroxylation is 1. The number of pyridine rings is 1. The van der Waals surface area contributed by atoms with E-state index in [1.165, 1.54) is 0 Å². The first-order valence-electron chi connectivity index (χ1n) is 7.58. The number of hydrogen-bond acceptors (Lipinski definition) is 4. The summed E-state index contributed by atoms with van der Waals surface area (Å²) in [5, 5.41) is 6.03. The molecule has 0 unspecified atom stereocenters. The number of carbonyl (C=O) groups excluding carboxylic acids is 1. The summed E-state index contributed by atoms with van der Waals surface area (Å²) < 4.78 is 0.786. The first-order valence-corrected chi connectivity index (χ1v) is 9.25. The van der Waals surface area contributed by atoms with Crippen LogP contribution in [0, 0.1) is 0 Å². The molecule has 0 spiro atoms. The number of benzene rings is 1. The van der Waals surface area contributed by atoms with Crippen LogP contribution in [0.2, 0.25) is 0 Å². The number of hydrogen-bond donors (Lipinski definition) is 1. The Bertz CT molecular complexity index is 845. The van der Waals surface area contributed by atoms with E-state index in [4.69, 9.17) is 0 Å². The fourth-order valence-corrected chi connectivity index (χ4v) is 3.46. The van der Waals surface area contributed by atoms with Crippen molar-refractivity contribution in [1.29, 1.82) is 0 Å². The van der Waals surface area contributed by atoms with Crippen LogP contribution < -0.4 is 5.32 Å². The number of rotatable bonds is 5. The van der Waals surface area contributed by atoms with Crippen LogP contribution in [0.5, 0.6) is 0 Å². The molecule has 1 amide bonds. The highest BCUT2D eigenvalue weighted by molar-refractivity contribution is 9.10. The number of thiazole rings is 1. The average Bonchev–Trinajstić information content (AvgIpc) is 3.09. The maximum Gasteiger partial charge on any atom is 0.253 e. The minimum atomic E-state index is -0.139. The minimum absolute atomic E-state index is 0.139. The van der Waals surface area contributed by atoms with Crippen molar-refractivity contribution in [1.82, 2.24) is 15.3 Å². The number of aromatic nitrogens is 2. The highest BCUT2D eigenvalue weighted by atomic mass is 79.9. The summed E-state index contributed by atoms with van der Waals surface area (Å²) in [5.41, 5.74) is 3.80. The Balaban J connectivity index is 1.63. The predicted molar refractivity (Wildman–Crippen MR) is 100 cm³/mol. The zero-order valence-corrected chi connectivity index (χ0v) is 15.5. The first-order chi connectivity index (χ1) is 11.7. The molecular weight excluding hydrogens is 386 g/mol. The Morgan fingerprint density at radius 1 is 1.25 bits per heavy atom. The average molecular weight is 402 g/mol. The van der Waals surface area contributed by atoms with Crippen molar-refractivity contribution in [2.45, 2.75) is 19.9 Å². The van der Waals surface area contributed by atoms with Crippen LogP contribution in [0.25, 0.3) is 10.6 Å². The topological polar surface area (TPSA) is 54.9 Å². The third kappa shape index (κ3) is 4.07. The monoisotopic (exact) mass is 401 g/mol. The highest BCUT2D eigenvalue weighted by Crippen LogP contribution is 2.24. The van der Waals surface area contributed by atoms with Gasteiger partial charge in [0.15, 0.2) is 0 Å². The van der Waals surface area contributed by atoms with E-state index in [2.05, 4.69) is 43.5 Å². The van der Waals surface area contributed by atoms with Crippen molar-refractivity contribution < 1.29 is 4.79 Å². The van der Waals surface area contributed by atoms with E-state index in [9.17, 15) is 4.79 Å². The number of nitrogens with zero attached hydrogens (tertiary/aromatic N) is 2. The Hall–Kier alpha value is -2.05. The number of carbonyl (C=O) groups is 1. The van der Waals surface area contributed by atoms with E-state index >= 15 is 0 Å². The Morgan fingerprint density at radius 3 is 2.71 bits per heavy atom. The maximum atomic E-state index is 12.1. The van der Waals surface area contributed by atoms with Gasteiger partial charge in [0.2, 0.25) is 0 Å². The zero-order chi connectivity index (χ0) is 16.9. The summed E-state index contributed by atoms with van der Waals surface area (Å²) in [5.74, 6) is -0.139. The van der Waals surface area contributed by atoms with Crippen molar-refractivity contribution in [2.24, 2.45) is 0 Å². The standard InChI is InChI=1S/C18H16BrN3OS/c1-2-16-11-24-18(22-16)13-5-3-12(4-6-13)8-21-17(23)14-7-15(19)10-20-9-14/h3-7,9-11H,2,8H2,1H3,(H,21,23). The first kappa shape index (κ1) is 16.8. The van der Waals surface area contributed by atoms with Gasteiger partial charge < -0.3 is 5.32 Å². The van der Waals surface area contributed by atoms with Gasteiger partial charge in [0.05, 0.1) is 11.3 Å². The number of halogens is 1. The Morgan fingerprint density at radius 2 is 2.04 bits per heavy atom. The second-order valence-electron chi connectivity index (χ2n) is 5.27. The molecule has 1 N–H and O–H groups in total. The lowest BCUT2D eigenvalue weighted by Gasteiger charge is -2.06. The summed E-state index contributed by atoms with van der Waals surface area (Å²) in [4.78, 5) is 20.7. The molecule has 0 bridgehead atoms. The quantitative estimate of drug-likeness (QED) is 0.686. The summed E-state index contributed by atoms with van der Waals surface area (Å²) in [6.07, 6.45) is 4.15. The molecule has 4 nitrogen and oxygen atoms in total. The second kappa shape index (κ2) is 7.68. The van der Waals surface area contributed by atoms with E-state index in [-0.39, 0.29) is 5.91 Å². The Labute approximate surface area is 153 Å². The molecule has 0 aliphatic carbocycles. The van der Waals surface area contributed by atoms with Gasteiger partial charge in [-0.3, -0.25) is 9.78 Å². The summed E-state index contributed by atoms with van der Waals surface area (Å²) in [7, 11) is 0. The molecule has 0 aliphatic rings. The van der Waals surface area contributed by atoms with E-state index in [0.717, 1.165) is 32.7 Å². The van der Waals surface area contributed by atoms with Crippen molar-refractivity contribution in [3.63, 3.8) is 0 Å². The van der Waals surface area contributed by atoms with Crippen LogP contribution in [0.1, 0.15) is 28.5 Å². The second-order valence-corrected chi connectivity index (χ2v) is 7.04. The van der Waals surface area contributed by atoms with Crippen LogP contribution in [0.4, 0.5) is 0 Å². The smallest absolute Gasteiger partial charge is 0.253 e. The van der Waals surface area contributed by atoms with Gasteiger partial charge in [0.1, 0.15) is 5.01 Å². The molecule has 0 saturated carbocycles. The minimum Gasteiger partial charge on any atom is -0.348 e.